The molecule has 0 aliphatic rings. The Morgan fingerprint density at radius 2 is 2.00 bits per heavy atom. The molecule has 1 N–H and O–H groups in total. The van der Waals surface area contributed by atoms with Crippen LogP contribution in [0.1, 0.15) is 32.6 Å². The predicted octanol–water partition coefficient (Wildman–Crippen LogP) is 2.72. The predicted molar refractivity (Wildman–Crippen MR) is 50.8 cm³/mol. The van der Waals surface area contributed by atoms with Crippen LogP contribution in [0.2, 0.25) is 0 Å². The molecule has 0 aliphatic carbocycles. The number of terminal acetylenes is 1. The van der Waals surface area contributed by atoms with E-state index < -0.39 is 12.6 Å². The minimum Gasteiger partial charge on any atom is -0.304 e. The van der Waals surface area contributed by atoms with E-state index in [1.807, 2.05) is 6.92 Å². The van der Waals surface area contributed by atoms with E-state index >= 15 is 0 Å². The third-order valence-corrected chi connectivity index (χ3v) is 1.89. The molecule has 0 aliphatic heterocycles. The van der Waals surface area contributed by atoms with Gasteiger partial charge in [-0.2, -0.15) is 13.2 Å². The molecule has 0 heterocycles. The molecule has 0 bridgehead atoms. The number of hydrogen-bond donors (Lipinski definition) is 1. The van der Waals surface area contributed by atoms with Gasteiger partial charge in [0.1, 0.15) is 0 Å². The number of nitrogens with one attached hydrogen (secondary N) is 1. The maximum atomic E-state index is 11.7. The van der Waals surface area contributed by atoms with Gasteiger partial charge in [-0.05, 0) is 25.8 Å². The van der Waals surface area contributed by atoms with E-state index in [9.17, 15) is 13.2 Å². The monoisotopic (exact) mass is 207 g/mol. The first-order valence-electron chi connectivity index (χ1n) is 4.76. The number of rotatable bonds is 6. The van der Waals surface area contributed by atoms with Gasteiger partial charge in [0.25, 0.3) is 0 Å². The van der Waals surface area contributed by atoms with Crippen molar-refractivity contribution in [2.75, 3.05) is 6.54 Å². The highest BCUT2D eigenvalue weighted by atomic mass is 19.4. The second kappa shape index (κ2) is 6.72. The summed E-state index contributed by atoms with van der Waals surface area (Å²) in [5.41, 5.74) is 0. The Labute approximate surface area is 83.1 Å². The molecule has 4 heteroatoms. The van der Waals surface area contributed by atoms with Crippen molar-refractivity contribution in [1.82, 2.24) is 5.32 Å². The van der Waals surface area contributed by atoms with Crippen LogP contribution in [0, 0.1) is 12.3 Å². The molecule has 0 radical (unpaired) electrons. The van der Waals surface area contributed by atoms with Crippen LogP contribution in [0.3, 0.4) is 0 Å². The van der Waals surface area contributed by atoms with Gasteiger partial charge in [-0.1, -0.05) is 12.8 Å². The zero-order chi connectivity index (χ0) is 11.0. The van der Waals surface area contributed by atoms with Gasteiger partial charge in [-0.15, -0.1) is 6.42 Å². The first kappa shape index (κ1) is 13.3. The number of hydrogen-bond acceptors (Lipinski definition) is 1. The van der Waals surface area contributed by atoms with Crippen LogP contribution in [0.4, 0.5) is 13.2 Å². The molecule has 0 rings (SSSR count). The van der Waals surface area contributed by atoms with Gasteiger partial charge < -0.3 is 5.32 Å². The number of unbranched alkanes of at least 4 members (excludes halogenated alkanes) is 1. The topological polar surface area (TPSA) is 12.0 Å². The molecule has 0 aromatic carbocycles. The van der Waals surface area contributed by atoms with Crippen LogP contribution >= 0.6 is 0 Å². The lowest BCUT2D eigenvalue weighted by Gasteiger charge is -2.10. The van der Waals surface area contributed by atoms with Gasteiger partial charge >= 0.3 is 6.18 Å². The molecule has 1 nitrogen and oxygen atoms in total. The minimum atomic E-state index is -4.03. The fourth-order valence-corrected chi connectivity index (χ4v) is 1.05. The third kappa shape index (κ3) is 7.93. The SMILES string of the molecule is C#CC(CC)NCCCCC(F)(F)F. The number of halogens is 3. The normalized spacial score (nSPS) is 13.6. The van der Waals surface area contributed by atoms with E-state index in [0.717, 1.165) is 6.42 Å². The van der Waals surface area contributed by atoms with E-state index in [1.54, 1.807) is 0 Å². The Kier molecular flexibility index (Phi) is 6.39. The van der Waals surface area contributed by atoms with Crippen molar-refractivity contribution < 1.29 is 13.2 Å². The van der Waals surface area contributed by atoms with E-state index in [0.29, 0.717) is 13.0 Å². The van der Waals surface area contributed by atoms with Crippen molar-refractivity contribution >= 4 is 0 Å². The van der Waals surface area contributed by atoms with Gasteiger partial charge in [-0.25, -0.2) is 0 Å². The molecule has 1 unspecified atom stereocenters. The Morgan fingerprint density at radius 1 is 1.36 bits per heavy atom. The first-order valence-corrected chi connectivity index (χ1v) is 4.76. The van der Waals surface area contributed by atoms with E-state index in [1.165, 1.54) is 0 Å². The summed E-state index contributed by atoms with van der Waals surface area (Å²) < 4.78 is 35.2. The zero-order valence-electron chi connectivity index (χ0n) is 8.32. The van der Waals surface area contributed by atoms with Crippen molar-refractivity contribution in [1.29, 1.82) is 0 Å². The van der Waals surface area contributed by atoms with Crippen molar-refractivity contribution in [2.24, 2.45) is 0 Å². The van der Waals surface area contributed by atoms with E-state index in [4.69, 9.17) is 6.42 Å². The van der Waals surface area contributed by atoms with Crippen LogP contribution in [0.25, 0.3) is 0 Å². The molecule has 0 saturated carbocycles. The smallest absolute Gasteiger partial charge is 0.304 e. The summed E-state index contributed by atoms with van der Waals surface area (Å²) in [4.78, 5) is 0. The molecule has 0 aromatic heterocycles. The quantitative estimate of drug-likeness (QED) is 0.521. The summed E-state index contributed by atoms with van der Waals surface area (Å²) in [6, 6.07) is -0.0131. The standard InChI is InChI=1S/C10H16F3N/c1-3-9(4-2)14-8-6-5-7-10(11,12)13/h1,9,14H,4-8H2,2H3. The molecule has 0 amide bonds. The lowest BCUT2D eigenvalue weighted by Crippen LogP contribution is -2.27. The fraction of sp³-hybridized carbons (Fsp3) is 0.800. The molecule has 0 saturated heterocycles. The summed E-state index contributed by atoms with van der Waals surface area (Å²) in [5.74, 6) is 2.53. The molecule has 0 fully saturated rings. The van der Waals surface area contributed by atoms with Gasteiger partial charge in [-0.3, -0.25) is 0 Å². The highest BCUT2D eigenvalue weighted by Gasteiger charge is 2.25. The van der Waals surface area contributed by atoms with Crippen molar-refractivity contribution in [3.8, 4) is 12.3 Å². The lowest BCUT2D eigenvalue weighted by molar-refractivity contribution is -0.135. The maximum absolute atomic E-state index is 11.7. The highest BCUT2D eigenvalue weighted by Crippen LogP contribution is 2.21. The van der Waals surface area contributed by atoms with E-state index in [2.05, 4.69) is 11.2 Å². The Bertz CT molecular complexity index is 181. The summed E-state index contributed by atoms with van der Waals surface area (Å²) in [5, 5.41) is 3.00. The molecule has 0 aromatic rings. The molecule has 1 atom stereocenters. The second-order valence-corrected chi connectivity index (χ2v) is 3.15. The molecule has 0 spiro atoms. The van der Waals surface area contributed by atoms with Gasteiger partial charge in [0, 0.05) is 6.42 Å². The highest BCUT2D eigenvalue weighted by molar-refractivity contribution is 4.97. The molecular formula is C10H16F3N. The fourth-order valence-electron chi connectivity index (χ4n) is 1.05. The Hall–Kier alpha value is -0.690. The van der Waals surface area contributed by atoms with Crippen LogP contribution in [0.5, 0.6) is 0 Å². The average molecular weight is 207 g/mol. The second-order valence-electron chi connectivity index (χ2n) is 3.15. The van der Waals surface area contributed by atoms with Crippen LogP contribution in [-0.4, -0.2) is 18.8 Å². The van der Waals surface area contributed by atoms with Gasteiger partial charge in [0.2, 0.25) is 0 Å². The van der Waals surface area contributed by atoms with Crippen molar-refractivity contribution in [3.05, 3.63) is 0 Å². The summed E-state index contributed by atoms with van der Waals surface area (Å²) in [6.07, 6.45) is 1.91. The maximum Gasteiger partial charge on any atom is 0.389 e. The Morgan fingerprint density at radius 3 is 2.43 bits per heavy atom. The van der Waals surface area contributed by atoms with Gasteiger partial charge in [0.05, 0.1) is 6.04 Å². The van der Waals surface area contributed by atoms with Crippen molar-refractivity contribution in [3.63, 3.8) is 0 Å². The third-order valence-electron chi connectivity index (χ3n) is 1.89. The van der Waals surface area contributed by atoms with E-state index in [-0.39, 0.29) is 12.5 Å². The average Bonchev–Trinajstić information content (AvgIpc) is 2.09. The Balaban J connectivity index is 3.35. The molecular weight excluding hydrogens is 191 g/mol. The molecule has 82 valence electrons. The largest absolute Gasteiger partial charge is 0.389 e. The zero-order valence-corrected chi connectivity index (χ0v) is 8.32. The minimum absolute atomic E-state index is 0.0131. The molecule has 14 heavy (non-hydrogen) atoms. The van der Waals surface area contributed by atoms with Gasteiger partial charge in [0.15, 0.2) is 0 Å². The van der Waals surface area contributed by atoms with Crippen LogP contribution in [0.15, 0.2) is 0 Å². The lowest BCUT2D eigenvalue weighted by atomic mass is 10.2. The summed E-state index contributed by atoms with van der Waals surface area (Å²) >= 11 is 0. The summed E-state index contributed by atoms with van der Waals surface area (Å²) in [6.45, 7) is 2.49. The summed E-state index contributed by atoms with van der Waals surface area (Å²) in [7, 11) is 0. The number of alkyl halides is 3. The van der Waals surface area contributed by atoms with Crippen LogP contribution < -0.4 is 5.32 Å². The van der Waals surface area contributed by atoms with Crippen LogP contribution in [-0.2, 0) is 0 Å². The first-order chi connectivity index (χ1) is 6.49. The van der Waals surface area contributed by atoms with Crippen molar-refractivity contribution in [2.45, 2.75) is 44.8 Å².